The van der Waals surface area contributed by atoms with E-state index in [4.69, 9.17) is 5.73 Å². The molecule has 1 unspecified atom stereocenters. The Morgan fingerprint density at radius 3 is 2.56 bits per heavy atom. The van der Waals surface area contributed by atoms with Gasteiger partial charge >= 0.3 is 0 Å². The molecule has 0 aliphatic rings. The maximum atomic E-state index is 12.1. The van der Waals surface area contributed by atoms with Crippen molar-refractivity contribution in [2.24, 2.45) is 5.41 Å². The summed E-state index contributed by atoms with van der Waals surface area (Å²) in [5, 5.41) is 0. The quantitative estimate of drug-likeness (QED) is 0.867. The van der Waals surface area contributed by atoms with E-state index in [1.807, 2.05) is 12.1 Å². The molecule has 0 aromatic heterocycles. The summed E-state index contributed by atoms with van der Waals surface area (Å²) >= 11 is 3.37. The van der Waals surface area contributed by atoms with Gasteiger partial charge in [0.25, 0.3) is 0 Å². The lowest BCUT2D eigenvalue weighted by Crippen LogP contribution is -2.11. The third-order valence-electron chi connectivity index (χ3n) is 2.26. The van der Waals surface area contributed by atoms with Gasteiger partial charge in [-0.25, -0.2) is 0 Å². The van der Waals surface area contributed by atoms with Crippen LogP contribution in [0.15, 0.2) is 27.6 Å². The molecule has 2 N–H and O–H groups in total. The van der Waals surface area contributed by atoms with E-state index < -0.39 is 10.8 Å². The third kappa shape index (κ3) is 4.26. The first-order valence-electron chi connectivity index (χ1n) is 5.23. The molecule has 1 aromatic carbocycles. The van der Waals surface area contributed by atoms with Crippen LogP contribution in [-0.2, 0) is 10.8 Å². The molecule has 0 spiro atoms. The Bertz CT molecular complexity index is 398. The maximum Gasteiger partial charge on any atom is 0.0628 e. The van der Waals surface area contributed by atoms with E-state index in [0.29, 0.717) is 11.4 Å². The fourth-order valence-electron chi connectivity index (χ4n) is 1.21. The molecule has 1 aromatic rings. The molecule has 0 aliphatic carbocycles. The molecular weight excluding hydrogens is 286 g/mol. The van der Waals surface area contributed by atoms with Gasteiger partial charge in [-0.1, -0.05) is 36.7 Å². The summed E-state index contributed by atoms with van der Waals surface area (Å²) < 4.78 is 13.0. The number of rotatable bonds is 3. The lowest BCUT2D eigenvalue weighted by Gasteiger charge is -2.17. The third-order valence-corrected chi connectivity index (χ3v) is 4.17. The largest absolute Gasteiger partial charge is 0.398 e. The van der Waals surface area contributed by atoms with Crippen molar-refractivity contribution < 1.29 is 4.21 Å². The molecule has 0 saturated heterocycles. The van der Waals surface area contributed by atoms with E-state index in [2.05, 4.69) is 36.7 Å². The van der Waals surface area contributed by atoms with Crippen molar-refractivity contribution in [2.75, 3.05) is 11.5 Å². The van der Waals surface area contributed by atoms with Crippen LogP contribution < -0.4 is 5.73 Å². The highest BCUT2D eigenvalue weighted by atomic mass is 79.9. The average molecular weight is 304 g/mol. The van der Waals surface area contributed by atoms with Crippen molar-refractivity contribution >= 4 is 32.4 Å². The number of nitrogen functional groups attached to an aromatic ring is 1. The lowest BCUT2D eigenvalue weighted by molar-refractivity contribution is 0.400. The normalized spacial score (nSPS) is 13.8. The zero-order valence-electron chi connectivity index (χ0n) is 9.92. The Labute approximate surface area is 108 Å². The minimum absolute atomic E-state index is 0.205. The first-order chi connectivity index (χ1) is 7.29. The molecule has 0 bridgehead atoms. The van der Waals surface area contributed by atoms with Crippen LogP contribution in [0.2, 0.25) is 0 Å². The smallest absolute Gasteiger partial charge is 0.0628 e. The van der Waals surface area contributed by atoms with Crippen molar-refractivity contribution in [3.8, 4) is 0 Å². The number of anilines is 1. The number of halogens is 1. The molecule has 1 rings (SSSR count). The second-order valence-corrected chi connectivity index (χ2v) is 7.50. The van der Waals surface area contributed by atoms with Crippen molar-refractivity contribution in [3.63, 3.8) is 0 Å². The van der Waals surface area contributed by atoms with Crippen LogP contribution in [0.3, 0.4) is 0 Å². The summed E-state index contributed by atoms with van der Waals surface area (Å²) in [5.41, 5.74) is 6.63. The molecule has 0 aliphatic heterocycles. The Kier molecular flexibility index (Phi) is 4.56. The SMILES string of the molecule is CC(C)(C)CCS(=O)c1cc(Br)ccc1N. The van der Waals surface area contributed by atoms with Crippen LogP contribution in [0.5, 0.6) is 0 Å². The van der Waals surface area contributed by atoms with Gasteiger partial charge in [-0.15, -0.1) is 0 Å². The van der Waals surface area contributed by atoms with Crippen molar-refractivity contribution in [1.29, 1.82) is 0 Å². The van der Waals surface area contributed by atoms with Gasteiger partial charge in [0.2, 0.25) is 0 Å². The Morgan fingerprint density at radius 1 is 1.38 bits per heavy atom. The van der Waals surface area contributed by atoms with Crippen molar-refractivity contribution in [1.82, 2.24) is 0 Å². The fraction of sp³-hybridized carbons (Fsp3) is 0.500. The minimum atomic E-state index is -1.01. The van der Waals surface area contributed by atoms with Gasteiger partial charge in [-0.2, -0.15) is 0 Å². The highest BCUT2D eigenvalue weighted by molar-refractivity contribution is 9.10. The van der Waals surface area contributed by atoms with Crippen molar-refractivity contribution in [2.45, 2.75) is 32.1 Å². The highest BCUT2D eigenvalue weighted by Gasteiger charge is 2.14. The Morgan fingerprint density at radius 2 is 2.00 bits per heavy atom. The van der Waals surface area contributed by atoms with E-state index in [1.165, 1.54) is 0 Å². The van der Waals surface area contributed by atoms with Crippen LogP contribution in [-0.4, -0.2) is 9.96 Å². The highest BCUT2D eigenvalue weighted by Crippen LogP contribution is 2.25. The Balaban J connectivity index is 2.77. The van der Waals surface area contributed by atoms with Gasteiger partial charge in [0.1, 0.15) is 0 Å². The molecule has 0 radical (unpaired) electrons. The van der Waals surface area contributed by atoms with E-state index in [1.54, 1.807) is 6.07 Å². The van der Waals surface area contributed by atoms with Crippen LogP contribution >= 0.6 is 15.9 Å². The van der Waals surface area contributed by atoms with Crippen LogP contribution in [0, 0.1) is 5.41 Å². The second-order valence-electron chi connectivity index (χ2n) is 5.04. The molecule has 4 heteroatoms. The number of nitrogens with two attached hydrogens (primary N) is 1. The molecular formula is C12H18BrNOS. The van der Waals surface area contributed by atoms with Gasteiger partial charge < -0.3 is 5.73 Å². The van der Waals surface area contributed by atoms with Gasteiger partial charge in [-0.3, -0.25) is 4.21 Å². The topological polar surface area (TPSA) is 43.1 Å². The number of hydrogen-bond donors (Lipinski definition) is 1. The molecule has 0 amide bonds. The molecule has 0 heterocycles. The maximum absolute atomic E-state index is 12.1. The molecule has 2 nitrogen and oxygen atoms in total. The number of hydrogen-bond acceptors (Lipinski definition) is 2. The summed E-state index contributed by atoms with van der Waals surface area (Å²) in [4.78, 5) is 0.735. The standard InChI is InChI=1S/C12H18BrNOS/c1-12(2,3)6-7-16(15)11-8-9(13)4-5-10(11)14/h4-5,8H,6-7,14H2,1-3H3. The molecule has 1 atom stereocenters. The van der Waals surface area contributed by atoms with Crippen LogP contribution in [0.1, 0.15) is 27.2 Å². The predicted octanol–water partition coefficient (Wildman–Crippen LogP) is 3.58. The molecule has 0 saturated carbocycles. The van der Waals surface area contributed by atoms with Crippen LogP contribution in [0.25, 0.3) is 0 Å². The predicted molar refractivity (Wildman–Crippen MR) is 73.9 cm³/mol. The minimum Gasteiger partial charge on any atom is -0.398 e. The first-order valence-corrected chi connectivity index (χ1v) is 7.34. The Hall–Kier alpha value is -0.350. The number of benzene rings is 1. The lowest BCUT2D eigenvalue weighted by atomic mass is 9.94. The zero-order chi connectivity index (χ0) is 12.3. The zero-order valence-corrected chi connectivity index (χ0v) is 12.3. The first kappa shape index (κ1) is 13.7. The van der Waals surface area contributed by atoms with Gasteiger partial charge in [0, 0.05) is 15.9 Å². The van der Waals surface area contributed by atoms with E-state index in [-0.39, 0.29) is 5.41 Å². The van der Waals surface area contributed by atoms with E-state index in [0.717, 1.165) is 15.8 Å². The summed E-state index contributed by atoms with van der Waals surface area (Å²) in [5.74, 6) is 0.657. The molecule has 0 fully saturated rings. The van der Waals surface area contributed by atoms with Crippen LogP contribution in [0.4, 0.5) is 5.69 Å². The fourth-order valence-corrected chi connectivity index (χ4v) is 3.33. The van der Waals surface area contributed by atoms with Gasteiger partial charge in [0.05, 0.1) is 15.7 Å². The molecule has 90 valence electrons. The van der Waals surface area contributed by atoms with Crippen molar-refractivity contribution in [3.05, 3.63) is 22.7 Å². The summed E-state index contributed by atoms with van der Waals surface area (Å²) in [6.07, 6.45) is 0.922. The molecule has 16 heavy (non-hydrogen) atoms. The van der Waals surface area contributed by atoms with Gasteiger partial charge in [-0.05, 0) is 30.0 Å². The average Bonchev–Trinajstić information content (AvgIpc) is 2.17. The van der Waals surface area contributed by atoms with E-state index >= 15 is 0 Å². The summed E-state index contributed by atoms with van der Waals surface area (Å²) in [7, 11) is -1.01. The van der Waals surface area contributed by atoms with E-state index in [9.17, 15) is 4.21 Å². The van der Waals surface area contributed by atoms with Gasteiger partial charge in [0.15, 0.2) is 0 Å². The monoisotopic (exact) mass is 303 g/mol. The second kappa shape index (κ2) is 5.32. The summed E-state index contributed by atoms with van der Waals surface area (Å²) in [6, 6.07) is 5.49. The summed E-state index contributed by atoms with van der Waals surface area (Å²) in [6.45, 7) is 6.44.